The van der Waals surface area contributed by atoms with E-state index in [0.29, 0.717) is 11.5 Å². The van der Waals surface area contributed by atoms with Crippen LogP contribution in [0.5, 0.6) is 0 Å². The average molecular weight is 341 g/mol. The number of amides is 1. The van der Waals surface area contributed by atoms with Crippen molar-refractivity contribution in [2.45, 2.75) is 6.92 Å². The van der Waals surface area contributed by atoms with E-state index in [9.17, 15) is 4.79 Å². The number of rotatable bonds is 2. The highest BCUT2D eigenvalue weighted by Crippen LogP contribution is 2.21. The molecular weight excluding hydrogens is 328 g/mol. The Balaban J connectivity index is 1.96. The number of nitrogens with zero attached hydrogens (tertiary/aromatic N) is 1. The molecule has 0 spiro atoms. The van der Waals surface area contributed by atoms with E-state index < -0.39 is 0 Å². The quantitative estimate of drug-likeness (QED) is 0.832. The molecule has 4 heteroatoms. The molecule has 1 amide bonds. The van der Waals surface area contributed by atoms with E-state index in [0.717, 1.165) is 15.6 Å². The third-order valence-electron chi connectivity index (χ3n) is 3.22. The molecule has 1 heterocycles. The molecular formula is C17H13BrN2O. The molecule has 3 rings (SSSR count). The van der Waals surface area contributed by atoms with Crippen molar-refractivity contribution in [2.24, 2.45) is 4.99 Å². The van der Waals surface area contributed by atoms with Crippen LogP contribution in [0, 0.1) is 6.92 Å². The first kappa shape index (κ1) is 13.8. The lowest BCUT2D eigenvalue weighted by Gasteiger charge is -2.00. The third kappa shape index (κ3) is 2.95. The van der Waals surface area contributed by atoms with E-state index in [1.54, 1.807) is 6.08 Å². The molecule has 0 aromatic heterocycles. The number of benzene rings is 2. The zero-order valence-corrected chi connectivity index (χ0v) is 13.0. The topological polar surface area (TPSA) is 41.5 Å². The van der Waals surface area contributed by atoms with Crippen LogP contribution in [0.1, 0.15) is 16.7 Å². The maximum absolute atomic E-state index is 12.0. The molecule has 0 bridgehead atoms. The summed E-state index contributed by atoms with van der Waals surface area (Å²) in [6.45, 7) is 2.02. The molecule has 0 fully saturated rings. The van der Waals surface area contributed by atoms with Gasteiger partial charge < -0.3 is 5.32 Å². The van der Waals surface area contributed by atoms with Crippen LogP contribution in [0.3, 0.4) is 0 Å². The number of nitrogens with one attached hydrogen (secondary N) is 1. The number of carbonyl (C=O) groups excluding carboxylic acids is 1. The second-order valence-electron chi connectivity index (χ2n) is 4.83. The standard InChI is InChI=1S/C17H13BrN2O/c1-11-6-8-12(9-7-11)16-19-15(17(21)20-16)10-13-4-2-3-5-14(13)18/h2-10H,1H3,(H,19,20,21)/b15-10-. The highest BCUT2D eigenvalue weighted by molar-refractivity contribution is 9.10. The Hall–Kier alpha value is -2.20. The van der Waals surface area contributed by atoms with Gasteiger partial charge in [0.1, 0.15) is 11.5 Å². The van der Waals surface area contributed by atoms with Gasteiger partial charge in [0.15, 0.2) is 0 Å². The predicted molar refractivity (Wildman–Crippen MR) is 88.0 cm³/mol. The molecule has 104 valence electrons. The van der Waals surface area contributed by atoms with Crippen molar-refractivity contribution in [1.82, 2.24) is 5.32 Å². The largest absolute Gasteiger partial charge is 0.305 e. The fourth-order valence-corrected chi connectivity index (χ4v) is 2.46. The van der Waals surface area contributed by atoms with Gasteiger partial charge in [-0.15, -0.1) is 0 Å². The van der Waals surface area contributed by atoms with Crippen LogP contribution >= 0.6 is 15.9 Å². The Morgan fingerprint density at radius 1 is 1.10 bits per heavy atom. The lowest BCUT2D eigenvalue weighted by Crippen LogP contribution is -2.24. The second kappa shape index (κ2) is 5.66. The summed E-state index contributed by atoms with van der Waals surface area (Å²) in [5.74, 6) is 0.416. The number of aryl methyl sites for hydroxylation is 1. The first-order valence-corrected chi connectivity index (χ1v) is 7.36. The van der Waals surface area contributed by atoms with Gasteiger partial charge in [0.2, 0.25) is 0 Å². The molecule has 1 aliphatic heterocycles. The van der Waals surface area contributed by atoms with Crippen LogP contribution in [0.2, 0.25) is 0 Å². The normalized spacial score (nSPS) is 16.0. The fourth-order valence-electron chi connectivity index (χ4n) is 2.06. The first-order valence-electron chi connectivity index (χ1n) is 6.57. The Bertz CT molecular complexity index is 761. The van der Waals surface area contributed by atoms with Crippen LogP contribution in [0.15, 0.2) is 63.7 Å². The SMILES string of the molecule is Cc1ccc(C2=N/C(=C\c3ccccc3Br)C(=O)N2)cc1. The highest BCUT2D eigenvalue weighted by atomic mass is 79.9. The smallest absolute Gasteiger partial charge is 0.275 e. The molecule has 0 radical (unpaired) electrons. The van der Waals surface area contributed by atoms with Gasteiger partial charge in [0.25, 0.3) is 5.91 Å². The second-order valence-corrected chi connectivity index (χ2v) is 5.69. The lowest BCUT2D eigenvalue weighted by molar-refractivity contribution is -0.115. The molecule has 21 heavy (non-hydrogen) atoms. The van der Waals surface area contributed by atoms with Crippen molar-refractivity contribution in [1.29, 1.82) is 0 Å². The monoisotopic (exact) mass is 340 g/mol. The number of hydrogen-bond donors (Lipinski definition) is 1. The van der Waals surface area contributed by atoms with E-state index in [1.807, 2.05) is 55.5 Å². The van der Waals surface area contributed by atoms with Gasteiger partial charge in [-0.25, -0.2) is 4.99 Å². The van der Waals surface area contributed by atoms with Gasteiger partial charge in [-0.05, 0) is 24.6 Å². The maximum atomic E-state index is 12.0. The number of carbonyl (C=O) groups is 1. The van der Waals surface area contributed by atoms with Gasteiger partial charge in [-0.3, -0.25) is 4.79 Å². The van der Waals surface area contributed by atoms with Gasteiger partial charge >= 0.3 is 0 Å². The summed E-state index contributed by atoms with van der Waals surface area (Å²) in [7, 11) is 0. The van der Waals surface area contributed by atoms with Gasteiger partial charge in [-0.2, -0.15) is 0 Å². The van der Waals surface area contributed by atoms with Crippen LogP contribution in [-0.2, 0) is 4.79 Å². The van der Waals surface area contributed by atoms with Gasteiger partial charge in [0, 0.05) is 10.0 Å². The van der Waals surface area contributed by atoms with E-state index in [1.165, 1.54) is 5.56 Å². The summed E-state index contributed by atoms with van der Waals surface area (Å²) in [6.07, 6.45) is 1.78. The van der Waals surface area contributed by atoms with Crippen molar-refractivity contribution in [3.8, 4) is 0 Å². The summed E-state index contributed by atoms with van der Waals surface area (Å²) < 4.78 is 0.935. The zero-order chi connectivity index (χ0) is 14.8. The van der Waals surface area contributed by atoms with Crippen LogP contribution in [-0.4, -0.2) is 11.7 Å². The number of aliphatic imine (C=N–C) groups is 1. The summed E-state index contributed by atoms with van der Waals surface area (Å²) in [5.41, 5.74) is 3.42. The maximum Gasteiger partial charge on any atom is 0.275 e. The Morgan fingerprint density at radius 2 is 1.81 bits per heavy atom. The van der Waals surface area contributed by atoms with Crippen molar-refractivity contribution in [2.75, 3.05) is 0 Å². The molecule has 2 aromatic rings. The molecule has 0 atom stereocenters. The average Bonchev–Trinajstić information content (AvgIpc) is 2.83. The minimum atomic E-state index is -0.179. The van der Waals surface area contributed by atoms with Crippen molar-refractivity contribution in [3.05, 3.63) is 75.4 Å². The molecule has 0 saturated carbocycles. The minimum Gasteiger partial charge on any atom is -0.305 e. The lowest BCUT2D eigenvalue weighted by atomic mass is 10.1. The Labute approximate surface area is 131 Å². The predicted octanol–water partition coefficient (Wildman–Crippen LogP) is 3.68. The summed E-state index contributed by atoms with van der Waals surface area (Å²) in [4.78, 5) is 16.4. The molecule has 0 saturated heterocycles. The van der Waals surface area contributed by atoms with Crippen molar-refractivity contribution in [3.63, 3.8) is 0 Å². The van der Waals surface area contributed by atoms with Crippen molar-refractivity contribution < 1.29 is 4.79 Å². The van der Waals surface area contributed by atoms with E-state index >= 15 is 0 Å². The summed E-state index contributed by atoms with van der Waals surface area (Å²) in [5, 5.41) is 2.81. The first-order chi connectivity index (χ1) is 10.1. The van der Waals surface area contributed by atoms with E-state index in [-0.39, 0.29) is 5.91 Å². The molecule has 3 nitrogen and oxygen atoms in total. The minimum absolute atomic E-state index is 0.179. The van der Waals surface area contributed by atoms with Crippen molar-refractivity contribution >= 4 is 33.7 Å². The summed E-state index contributed by atoms with van der Waals surface area (Å²) in [6, 6.07) is 15.6. The Morgan fingerprint density at radius 3 is 2.52 bits per heavy atom. The number of amidine groups is 1. The highest BCUT2D eigenvalue weighted by Gasteiger charge is 2.21. The van der Waals surface area contributed by atoms with E-state index in [2.05, 4.69) is 26.2 Å². The third-order valence-corrected chi connectivity index (χ3v) is 3.94. The molecule has 0 unspecified atom stereocenters. The molecule has 0 aliphatic carbocycles. The van der Waals surface area contributed by atoms with E-state index in [4.69, 9.17) is 0 Å². The van der Waals surface area contributed by atoms with Gasteiger partial charge in [0.05, 0.1) is 0 Å². The van der Waals surface area contributed by atoms with Crippen LogP contribution < -0.4 is 5.32 Å². The summed E-state index contributed by atoms with van der Waals surface area (Å²) >= 11 is 3.47. The fraction of sp³-hybridized carbons (Fsp3) is 0.0588. The zero-order valence-electron chi connectivity index (χ0n) is 11.4. The number of hydrogen-bond acceptors (Lipinski definition) is 2. The van der Waals surface area contributed by atoms with Gasteiger partial charge in [-0.1, -0.05) is 64.0 Å². The number of halogens is 1. The van der Waals surface area contributed by atoms with Crippen LogP contribution in [0.25, 0.3) is 6.08 Å². The Kier molecular flexibility index (Phi) is 3.71. The molecule has 2 aromatic carbocycles. The molecule has 1 aliphatic rings. The van der Waals surface area contributed by atoms with Crippen LogP contribution in [0.4, 0.5) is 0 Å². The molecule has 1 N–H and O–H groups in total.